The Bertz CT molecular complexity index is 2090. The van der Waals surface area contributed by atoms with Crippen molar-refractivity contribution in [2.24, 2.45) is 0 Å². The summed E-state index contributed by atoms with van der Waals surface area (Å²) in [6.45, 7) is 4.98. The van der Waals surface area contributed by atoms with Crippen molar-refractivity contribution < 1.29 is 28.5 Å². The van der Waals surface area contributed by atoms with Gasteiger partial charge in [-0.25, -0.2) is 4.98 Å². The van der Waals surface area contributed by atoms with Crippen molar-refractivity contribution in [3.63, 3.8) is 0 Å². The van der Waals surface area contributed by atoms with Crippen molar-refractivity contribution in [1.29, 1.82) is 5.26 Å². The normalized spacial score (nSPS) is 16.9. The van der Waals surface area contributed by atoms with Crippen LogP contribution in [0.1, 0.15) is 71.7 Å². The highest BCUT2D eigenvalue weighted by Crippen LogP contribution is 2.37. The van der Waals surface area contributed by atoms with Crippen molar-refractivity contribution in [3.05, 3.63) is 106 Å². The summed E-state index contributed by atoms with van der Waals surface area (Å²) in [5.41, 5.74) is 7.72. The number of halogens is 1. The Morgan fingerprint density at radius 2 is 1.86 bits per heavy atom. The van der Waals surface area contributed by atoms with Crippen molar-refractivity contribution in [2.75, 3.05) is 19.8 Å². The Morgan fingerprint density at radius 1 is 1.02 bits per heavy atom. The zero-order valence-electron chi connectivity index (χ0n) is 28.4. The first kappa shape index (κ1) is 34.5. The molecule has 1 unspecified atom stereocenters. The molecule has 2 saturated heterocycles. The number of carboxylic acids is 1. The number of ether oxygens (including phenoxy) is 3. The number of rotatable bonds is 11. The fraction of sp³-hybridized carbons (Fsp3) is 0.350. The second-order valence-electron chi connectivity index (χ2n) is 13.2. The lowest BCUT2D eigenvalue weighted by Gasteiger charge is -2.33. The highest BCUT2D eigenvalue weighted by molar-refractivity contribution is 6.32. The Labute approximate surface area is 301 Å². The lowest BCUT2D eigenvalue weighted by molar-refractivity contribution is -0.144. The highest BCUT2D eigenvalue weighted by Gasteiger charge is 2.29. The minimum absolute atomic E-state index is 0.159. The monoisotopic (exact) mass is 706 g/mol. The Morgan fingerprint density at radius 3 is 2.69 bits per heavy atom. The number of oxazole rings is 1. The number of nitriles is 1. The summed E-state index contributed by atoms with van der Waals surface area (Å²) in [5, 5.41) is 19.6. The van der Waals surface area contributed by atoms with Crippen molar-refractivity contribution >= 4 is 28.7 Å². The van der Waals surface area contributed by atoms with Gasteiger partial charge in [-0.2, -0.15) is 5.26 Å². The van der Waals surface area contributed by atoms with Gasteiger partial charge in [0.05, 0.1) is 10.6 Å². The molecule has 262 valence electrons. The van der Waals surface area contributed by atoms with E-state index in [2.05, 4.69) is 36.2 Å². The molecule has 10 nitrogen and oxygen atoms in total. The molecule has 2 fully saturated rings. The van der Waals surface area contributed by atoms with Crippen LogP contribution >= 0.6 is 11.6 Å². The third kappa shape index (κ3) is 7.86. The fourth-order valence-electron chi connectivity index (χ4n) is 6.95. The summed E-state index contributed by atoms with van der Waals surface area (Å²) >= 11 is 6.84. The van der Waals surface area contributed by atoms with Gasteiger partial charge >= 0.3 is 5.97 Å². The Balaban J connectivity index is 1.12. The maximum atomic E-state index is 12.0. The van der Waals surface area contributed by atoms with Crippen LogP contribution in [0.2, 0.25) is 5.02 Å². The smallest absolute Gasteiger partial charge is 0.320 e. The largest absolute Gasteiger partial charge is 0.488 e. The molecule has 4 heterocycles. The number of aromatic nitrogens is 2. The van der Waals surface area contributed by atoms with Crippen LogP contribution in [-0.2, 0) is 29.3 Å². The molecule has 0 radical (unpaired) electrons. The summed E-state index contributed by atoms with van der Waals surface area (Å²) in [5.74, 6) is 1.20. The second-order valence-corrected chi connectivity index (χ2v) is 13.6. The molecule has 51 heavy (non-hydrogen) atoms. The maximum absolute atomic E-state index is 12.0. The van der Waals surface area contributed by atoms with E-state index in [0.717, 1.165) is 89.3 Å². The zero-order valence-corrected chi connectivity index (χ0v) is 29.2. The molecule has 2 aliphatic rings. The average molecular weight is 707 g/mol. The van der Waals surface area contributed by atoms with Crippen LogP contribution in [0.25, 0.3) is 22.2 Å². The first-order valence-electron chi connectivity index (χ1n) is 17.3. The Hall–Kier alpha value is -4.95. The van der Waals surface area contributed by atoms with E-state index in [1.54, 1.807) is 24.4 Å². The first-order valence-corrected chi connectivity index (χ1v) is 17.7. The van der Waals surface area contributed by atoms with Crippen LogP contribution in [0.4, 0.5) is 0 Å². The number of pyridine rings is 1. The minimum atomic E-state index is -0.833. The number of benzene rings is 3. The van der Waals surface area contributed by atoms with E-state index in [-0.39, 0.29) is 19.1 Å². The van der Waals surface area contributed by atoms with Crippen molar-refractivity contribution in [2.45, 2.75) is 70.7 Å². The molecule has 0 amide bonds. The van der Waals surface area contributed by atoms with Crippen LogP contribution in [0, 0.1) is 18.3 Å². The predicted molar refractivity (Wildman–Crippen MR) is 192 cm³/mol. The zero-order chi connectivity index (χ0) is 35.3. The SMILES string of the molecule is Cc1c(COc2cc(OCc3cncc(C#N)c3)c(CN3CCCCC3C(=O)O)cc2Cl)cccc1-c1ccc2oc(C3CCOCC3)nc2c1. The number of fused-ring (bicyclic) bond motifs is 1. The van der Waals surface area contributed by atoms with E-state index in [1.165, 1.54) is 6.20 Å². The number of aliphatic carboxylic acids is 1. The van der Waals surface area contributed by atoms with Crippen molar-refractivity contribution in [3.8, 4) is 28.7 Å². The molecule has 1 atom stereocenters. The van der Waals surface area contributed by atoms with Crippen LogP contribution in [0.5, 0.6) is 11.5 Å². The van der Waals surface area contributed by atoms with Crippen molar-refractivity contribution in [1.82, 2.24) is 14.9 Å². The van der Waals surface area contributed by atoms with Crippen LogP contribution in [0.3, 0.4) is 0 Å². The van der Waals surface area contributed by atoms with Gasteiger partial charge in [0.15, 0.2) is 11.5 Å². The van der Waals surface area contributed by atoms with Gasteiger partial charge in [-0.3, -0.25) is 14.7 Å². The van der Waals surface area contributed by atoms with E-state index in [1.807, 2.05) is 23.1 Å². The van der Waals surface area contributed by atoms with E-state index in [9.17, 15) is 15.2 Å². The standard InChI is InChI=1S/C40H39ClN4O6/c1-25-30(5-4-6-32(25)29-8-9-36-34(17-29)44-39(51-36)28-10-13-48-14-11-28)24-50-38-18-37(49-23-27-15-26(19-42)20-43-21-27)31(16-33(38)41)22-45-12-3-2-7-35(45)40(46)47/h4-6,8-9,15-18,20-21,28,35H,2-3,7,10-14,22-24H2,1H3,(H,46,47). The number of likely N-dealkylation sites (tertiary alicyclic amines) is 1. The minimum Gasteiger partial charge on any atom is -0.488 e. The second kappa shape index (κ2) is 15.5. The molecular formula is C40H39ClN4O6. The topological polar surface area (TPSA) is 131 Å². The number of hydrogen-bond acceptors (Lipinski definition) is 9. The van der Waals surface area contributed by atoms with E-state index in [4.69, 9.17) is 35.2 Å². The summed E-state index contributed by atoms with van der Waals surface area (Å²) in [7, 11) is 0. The summed E-state index contributed by atoms with van der Waals surface area (Å²) in [6.07, 6.45) is 7.37. The van der Waals surface area contributed by atoms with E-state index < -0.39 is 12.0 Å². The summed E-state index contributed by atoms with van der Waals surface area (Å²) < 4.78 is 24.3. The van der Waals surface area contributed by atoms with Gasteiger partial charge in [0.1, 0.15) is 42.3 Å². The molecule has 0 aliphatic carbocycles. The van der Waals surface area contributed by atoms with Gasteiger partial charge < -0.3 is 23.7 Å². The predicted octanol–water partition coefficient (Wildman–Crippen LogP) is 8.21. The van der Waals surface area contributed by atoms with Crippen LogP contribution < -0.4 is 9.47 Å². The fourth-order valence-corrected chi connectivity index (χ4v) is 7.19. The molecule has 2 aromatic heterocycles. The van der Waals surface area contributed by atoms with Gasteiger partial charge in [0, 0.05) is 55.3 Å². The summed E-state index contributed by atoms with van der Waals surface area (Å²) in [6, 6.07) is 19.1. The van der Waals surface area contributed by atoms with Crippen LogP contribution in [-0.4, -0.2) is 51.7 Å². The highest BCUT2D eigenvalue weighted by atomic mass is 35.5. The molecular weight excluding hydrogens is 668 g/mol. The van der Waals surface area contributed by atoms with Gasteiger partial charge in [-0.05, 0) is 85.7 Å². The van der Waals surface area contributed by atoms with Gasteiger partial charge in [0.25, 0.3) is 0 Å². The van der Waals surface area contributed by atoms with Crippen LogP contribution in [0.15, 0.2) is 71.4 Å². The molecule has 7 rings (SSSR count). The third-order valence-corrected chi connectivity index (χ3v) is 10.1. The Kier molecular flexibility index (Phi) is 10.5. The molecule has 0 saturated carbocycles. The van der Waals surface area contributed by atoms with E-state index >= 15 is 0 Å². The molecule has 3 aromatic carbocycles. The van der Waals surface area contributed by atoms with E-state index in [0.29, 0.717) is 41.6 Å². The maximum Gasteiger partial charge on any atom is 0.320 e. The van der Waals surface area contributed by atoms with Gasteiger partial charge in [-0.15, -0.1) is 0 Å². The molecule has 0 bridgehead atoms. The van der Waals surface area contributed by atoms with Gasteiger partial charge in [0.2, 0.25) is 0 Å². The molecule has 1 N–H and O–H groups in total. The quantitative estimate of drug-likeness (QED) is 0.143. The number of nitrogens with zero attached hydrogens (tertiary/aromatic N) is 4. The number of hydrogen-bond donors (Lipinski definition) is 1. The molecule has 2 aliphatic heterocycles. The van der Waals surface area contributed by atoms with Gasteiger partial charge in [-0.1, -0.05) is 42.3 Å². The molecule has 0 spiro atoms. The summed E-state index contributed by atoms with van der Waals surface area (Å²) in [4.78, 5) is 23.0. The number of piperidine rings is 1. The lowest BCUT2D eigenvalue weighted by Crippen LogP contribution is -2.44. The lowest BCUT2D eigenvalue weighted by atomic mass is 9.96. The average Bonchev–Trinajstić information content (AvgIpc) is 3.59. The number of carbonyl (C=O) groups is 1. The number of carboxylic acid groups (broad SMARTS) is 1. The molecule has 11 heteroatoms. The molecule has 5 aromatic rings. The first-order chi connectivity index (χ1) is 24.9. The third-order valence-electron chi connectivity index (χ3n) is 9.82.